The fourth-order valence-corrected chi connectivity index (χ4v) is 1.97. The second-order valence-corrected chi connectivity index (χ2v) is 4.32. The van der Waals surface area contributed by atoms with Crippen LogP contribution >= 0.6 is 12.4 Å². The topological polar surface area (TPSA) is 97.4 Å². The van der Waals surface area contributed by atoms with Crippen LogP contribution in [0.4, 0.5) is 5.88 Å². The third-order valence-electron chi connectivity index (χ3n) is 2.95. The minimum Gasteiger partial charge on any atom is -0.395 e. The number of halogens is 1. The smallest absolute Gasteiger partial charge is 0.395 e. The third-order valence-corrected chi connectivity index (χ3v) is 2.95. The van der Waals surface area contributed by atoms with E-state index in [2.05, 4.69) is 10.6 Å². The number of nitrogens with one attached hydrogen (secondary N) is 2. The zero-order valence-corrected chi connectivity index (χ0v) is 11.1. The van der Waals surface area contributed by atoms with Crippen LogP contribution < -0.4 is 10.6 Å². The summed E-state index contributed by atoms with van der Waals surface area (Å²) in [6.07, 6.45) is 2.18. The molecule has 7 nitrogen and oxygen atoms in total. The summed E-state index contributed by atoms with van der Waals surface area (Å²) in [6, 6.07) is 2.49. The van der Waals surface area contributed by atoms with Gasteiger partial charge in [-0.2, -0.15) is 0 Å². The average Bonchev–Trinajstić information content (AvgIpc) is 2.87. The quantitative estimate of drug-likeness (QED) is 0.644. The maximum absolute atomic E-state index is 11.7. The standard InChI is InChI=1S/C11H15N3O4.ClH/c15-11(9-3-4-10(18-9)14(16)17)13-7-8-2-1-5-12-6-8;/h3-4,8,12H,1-2,5-7H2,(H,13,15);1H. The molecule has 2 heterocycles. The monoisotopic (exact) mass is 289 g/mol. The highest BCUT2D eigenvalue weighted by Gasteiger charge is 2.19. The van der Waals surface area contributed by atoms with Crippen molar-refractivity contribution in [2.75, 3.05) is 19.6 Å². The number of hydrogen-bond donors (Lipinski definition) is 2. The summed E-state index contributed by atoms with van der Waals surface area (Å²) in [5, 5.41) is 16.4. The van der Waals surface area contributed by atoms with E-state index < -0.39 is 16.7 Å². The first-order chi connectivity index (χ1) is 8.66. The molecule has 1 atom stereocenters. The van der Waals surface area contributed by atoms with Gasteiger partial charge < -0.3 is 15.1 Å². The average molecular weight is 290 g/mol. The van der Waals surface area contributed by atoms with E-state index >= 15 is 0 Å². The molecule has 1 fully saturated rings. The molecule has 1 aliphatic rings. The summed E-state index contributed by atoms with van der Waals surface area (Å²) in [6.45, 7) is 2.47. The highest BCUT2D eigenvalue weighted by molar-refractivity contribution is 5.91. The summed E-state index contributed by atoms with van der Waals surface area (Å²) < 4.78 is 4.82. The highest BCUT2D eigenvalue weighted by Crippen LogP contribution is 2.15. The summed E-state index contributed by atoms with van der Waals surface area (Å²) >= 11 is 0. The van der Waals surface area contributed by atoms with Crippen molar-refractivity contribution in [2.24, 2.45) is 5.92 Å². The molecule has 1 amide bonds. The van der Waals surface area contributed by atoms with E-state index in [4.69, 9.17) is 4.42 Å². The molecule has 1 aliphatic heterocycles. The van der Waals surface area contributed by atoms with E-state index in [1.165, 1.54) is 12.1 Å². The first-order valence-corrected chi connectivity index (χ1v) is 5.90. The number of furan rings is 1. The van der Waals surface area contributed by atoms with Gasteiger partial charge in [0.2, 0.25) is 0 Å². The number of hydrogen-bond acceptors (Lipinski definition) is 5. The summed E-state index contributed by atoms with van der Waals surface area (Å²) in [7, 11) is 0. The number of nitro groups is 1. The van der Waals surface area contributed by atoms with Gasteiger partial charge in [-0.3, -0.25) is 14.9 Å². The van der Waals surface area contributed by atoms with Gasteiger partial charge in [0.15, 0.2) is 5.76 Å². The van der Waals surface area contributed by atoms with Gasteiger partial charge in [0.25, 0.3) is 5.91 Å². The van der Waals surface area contributed by atoms with Gasteiger partial charge in [0.05, 0.1) is 6.07 Å². The molecule has 0 radical (unpaired) electrons. The maximum atomic E-state index is 11.7. The van der Waals surface area contributed by atoms with Gasteiger partial charge in [-0.05, 0) is 37.9 Å². The number of piperidine rings is 1. The lowest BCUT2D eigenvalue weighted by atomic mass is 10.00. The Kier molecular flexibility index (Phi) is 5.78. The zero-order valence-electron chi connectivity index (χ0n) is 10.3. The molecular weight excluding hydrogens is 274 g/mol. The number of carbonyl (C=O) groups excluding carboxylic acids is 1. The molecule has 1 aromatic heterocycles. The van der Waals surface area contributed by atoms with E-state index in [-0.39, 0.29) is 18.2 Å². The molecule has 0 spiro atoms. The molecular formula is C11H16ClN3O4. The molecule has 0 aliphatic carbocycles. The minimum absolute atomic E-state index is 0. The minimum atomic E-state index is -0.665. The van der Waals surface area contributed by atoms with Gasteiger partial charge in [-0.1, -0.05) is 0 Å². The number of nitrogens with zero attached hydrogens (tertiary/aromatic N) is 1. The van der Waals surface area contributed by atoms with Gasteiger partial charge >= 0.3 is 5.88 Å². The molecule has 0 bridgehead atoms. The largest absolute Gasteiger partial charge is 0.433 e. The summed E-state index contributed by atoms with van der Waals surface area (Å²) in [4.78, 5) is 21.4. The van der Waals surface area contributed by atoms with Gasteiger partial charge in [0, 0.05) is 6.54 Å². The Labute approximate surface area is 116 Å². The lowest BCUT2D eigenvalue weighted by Crippen LogP contribution is -2.38. The summed E-state index contributed by atoms with van der Waals surface area (Å²) in [5.41, 5.74) is 0. The van der Waals surface area contributed by atoms with Crippen molar-refractivity contribution in [1.82, 2.24) is 10.6 Å². The third kappa shape index (κ3) is 4.22. The normalized spacial score (nSPS) is 18.4. The molecule has 0 saturated carbocycles. The Hall–Kier alpha value is -1.60. The molecule has 1 saturated heterocycles. The number of rotatable bonds is 4. The van der Waals surface area contributed by atoms with Crippen LogP contribution in [0, 0.1) is 16.0 Å². The zero-order chi connectivity index (χ0) is 13.0. The maximum Gasteiger partial charge on any atom is 0.433 e. The Morgan fingerprint density at radius 3 is 2.95 bits per heavy atom. The Morgan fingerprint density at radius 1 is 1.58 bits per heavy atom. The van der Waals surface area contributed by atoms with E-state index in [1.54, 1.807) is 0 Å². The molecule has 8 heteroatoms. The highest BCUT2D eigenvalue weighted by atomic mass is 35.5. The Morgan fingerprint density at radius 2 is 2.37 bits per heavy atom. The van der Waals surface area contributed by atoms with Crippen molar-refractivity contribution >= 4 is 24.2 Å². The molecule has 2 N–H and O–H groups in total. The van der Waals surface area contributed by atoms with Crippen molar-refractivity contribution in [3.63, 3.8) is 0 Å². The molecule has 0 aromatic carbocycles. The second kappa shape index (κ2) is 7.10. The second-order valence-electron chi connectivity index (χ2n) is 4.32. The van der Waals surface area contributed by atoms with Crippen molar-refractivity contribution in [2.45, 2.75) is 12.8 Å². The van der Waals surface area contributed by atoms with Crippen LogP contribution in [-0.4, -0.2) is 30.5 Å². The predicted octanol–water partition coefficient (Wildman–Crippen LogP) is 1.34. The lowest BCUT2D eigenvalue weighted by Gasteiger charge is -2.22. The predicted molar refractivity (Wildman–Crippen MR) is 70.5 cm³/mol. The van der Waals surface area contributed by atoms with E-state index in [0.717, 1.165) is 25.9 Å². The van der Waals surface area contributed by atoms with Crippen LogP contribution in [0.2, 0.25) is 0 Å². The van der Waals surface area contributed by atoms with Crippen molar-refractivity contribution < 1.29 is 14.1 Å². The molecule has 106 valence electrons. The Bertz CT molecular complexity index is 443. The van der Waals surface area contributed by atoms with Crippen LogP contribution in [0.3, 0.4) is 0 Å². The van der Waals surface area contributed by atoms with Crippen molar-refractivity contribution in [3.8, 4) is 0 Å². The Balaban J connectivity index is 0.00000180. The molecule has 19 heavy (non-hydrogen) atoms. The van der Waals surface area contributed by atoms with Gasteiger partial charge in [0.1, 0.15) is 4.92 Å². The van der Waals surface area contributed by atoms with Gasteiger partial charge in [-0.25, -0.2) is 0 Å². The van der Waals surface area contributed by atoms with Crippen LogP contribution in [-0.2, 0) is 0 Å². The SMILES string of the molecule is Cl.O=C(NCC1CCCNC1)c1ccc([N+](=O)[O-])o1. The van der Waals surface area contributed by atoms with Gasteiger partial charge in [-0.15, -0.1) is 12.4 Å². The molecule has 1 aromatic rings. The fourth-order valence-electron chi connectivity index (χ4n) is 1.97. The number of carbonyl (C=O) groups is 1. The fraction of sp³-hybridized carbons (Fsp3) is 0.545. The first kappa shape index (κ1) is 15.5. The van der Waals surface area contributed by atoms with Crippen LogP contribution in [0.5, 0.6) is 0 Å². The van der Waals surface area contributed by atoms with E-state index in [1.807, 2.05) is 0 Å². The van der Waals surface area contributed by atoms with E-state index in [9.17, 15) is 14.9 Å². The van der Waals surface area contributed by atoms with Crippen molar-refractivity contribution in [1.29, 1.82) is 0 Å². The van der Waals surface area contributed by atoms with E-state index in [0.29, 0.717) is 12.5 Å². The van der Waals surface area contributed by atoms with Crippen molar-refractivity contribution in [3.05, 3.63) is 28.0 Å². The lowest BCUT2D eigenvalue weighted by molar-refractivity contribution is -0.402. The van der Waals surface area contributed by atoms with Crippen LogP contribution in [0.1, 0.15) is 23.4 Å². The molecule has 1 unspecified atom stereocenters. The summed E-state index contributed by atoms with van der Waals surface area (Å²) in [5.74, 6) is -0.439. The first-order valence-electron chi connectivity index (χ1n) is 5.90. The van der Waals surface area contributed by atoms with Crippen LogP contribution in [0.15, 0.2) is 16.5 Å². The number of amides is 1. The molecule has 2 rings (SSSR count). The van der Waals surface area contributed by atoms with Crippen LogP contribution in [0.25, 0.3) is 0 Å².